The molecule has 4 rings (SSSR count). The second-order valence-electron chi connectivity index (χ2n) is 9.78. The SMILES string of the molecule is CCC1CCN(c2ccc(-c3c(C)c(C)c4c(c3C)CC(C)(C)C4)cc2)C1. The summed E-state index contributed by atoms with van der Waals surface area (Å²) >= 11 is 0. The first-order chi connectivity index (χ1) is 12.8. The molecule has 1 aliphatic carbocycles. The zero-order chi connectivity index (χ0) is 19.3. The third-order valence-electron chi connectivity index (χ3n) is 7.28. The van der Waals surface area contributed by atoms with Gasteiger partial charge in [-0.2, -0.15) is 0 Å². The summed E-state index contributed by atoms with van der Waals surface area (Å²) in [5, 5.41) is 0. The van der Waals surface area contributed by atoms with Crippen LogP contribution in [0.15, 0.2) is 24.3 Å². The van der Waals surface area contributed by atoms with Gasteiger partial charge in [0.15, 0.2) is 0 Å². The highest BCUT2D eigenvalue weighted by molar-refractivity contribution is 5.76. The van der Waals surface area contributed by atoms with E-state index in [4.69, 9.17) is 0 Å². The molecule has 2 aromatic carbocycles. The molecule has 0 amide bonds. The summed E-state index contributed by atoms with van der Waals surface area (Å²) < 4.78 is 0. The zero-order valence-corrected chi connectivity index (χ0v) is 18.1. The molecule has 144 valence electrons. The van der Waals surface area contributed by atoms with Gasteiger partial charge in [0.1, 0.15) is 0 Å². The Balaban J connectivity index is 1.70. The summed E-state index contributed by atoms with van der Waals surface area (Å²) in [6.07, 6.45) is 5.09. The molecule has 1 unspecified atom stereocenters. The average molecular weight is 362 g/mol. The number of hydrogen-bond acceptors (Lipinski definition) is 1. The smallest absolute Gasteiger partial charge is 0.0366 e. The van der Waals surface area contributed by atoms with Gasteiger partial charge in [0.2, 0.25) is 0 Å². The Kier molecular flexibility index (Phi) is 4.61. The molecule has 0 saturated carbocycles. The van der Waals surface area contributed by atoms with E-state index in [-0.39, 0.29) is 0 Å². The van der Waals surface area contributed by atoms with Crippen LogP contribution < -0.4 is 4.90 Å². The third kappa shape index (κ3) is 3.20. The third-order valence-corrected chi connectivity index (χ3v) is 7.28. The number of fused-ring (bicyclic) bond motifs is 1. The first-order valence-electron chi connectivity index (χ1n) is 10.8. The van der Waals surface area contributed by atoms with Gasteiger partial charge in [-0.15, -0.1) is 0 Å². The lowest BCUT2D eigenvalue weighted by Gasteiger charge is -2.21. The molecule has 27 heavy (non-hydrogen) atoms. The van der Waals surface area contributed by atoms with E-state index in [9.17, 15) is 0 Å². The molecule has 0 radical (unpaired) electrons. The van der Waals surface area contributed by atoms with Crippen molar-refractivity contribution < 1.29 is 0 Å². The topological polar surface area (TPSA) is 3.24 Å². The maximum absolute atomic E-state index is 2.56. The van der Waals surface area contributed by atoms with Gasteiger partial charge in [-0.05, 0) is 102 Å². The number of benzene rings is 2. The van der Waals surface area contributed by atoms with Crippen LogP contribution in [0.4, 0.5) is 5.69 Å². The summed E-state index contributed by atoms with van der Waals surface area (Å²) in [6, 6.07) is 9.41. The number of hydrogen-bond donors (Lipinski definition) is 0. The van der Waals surface area contributed by atoms with Crippen molar-refractivity contribution in [2.24, 2.45) is 11.3 Å². The summed E-state index contributed by atoms with van der Waals surface area (Å²) in [5.74, 6) is 0.872. The fourth-order valence-electron chi connectivity index (χ4n) is 5.47. The standard InChI is InChI=1S/C26H35N/c1-7-20-12-13-27(16-20)22-10-8-21(9-11-22)25-18(3)17(2)23-14-26(5,6)15-24(23)19(25)4/h8-11,20H,7,12-16H2,1-6H3. The lowest BCUT2D eigenvalue weighted by Crippen LogP contribution is -2.19. The highest BCUT2D eigenvalue weighted by Gasteiger charge is 2.32. The maximum Gasteiger partial charge on any atom is 0.0366 e. The van der Waals surface area contributed by atoms with E-state index in [2.05, 4.69) is 70.7 Å². The van der Waals surface area contributed by atoms with Crippen LogP contribution in [0.3, 0.4) is 0 Å². The highest BCUT2D eigenvalue weighted by Crippen LogP contribution is 2.44. The van der Waals surface area contributed by atoms with Crippen molar-refractivity contribution in [2.75, 3.05) is 18.0 Å². The molecule has 1 saturated heterocycles. The highest BCUT2D eigenvalue weighted by atomic mass is 15.1. The molecule has 1 fully saturated rings. The van der Waals surface area contributed by atoms with Crippen LogP contribution in [0, 0.1) is 32.1 Å². The van der Waals surface area contributed by atoms with Crippen LogP contribution in [-0.4, -0.2) is 13.1 Å². The zero-order valence-electron chi connectivity index (χ0n) is 18.1. The fourth-order valence-corrected chi connectivity index (χ4v) is 5.47. The predicted molar refractivity (Wildman–Crippen MR) is 118 cm³/mol. The van der Waals surface area contributed by atoms with E-state index in [1.807, 2.05) is 0 Å². The first kappa shape index (κ1) is 18.6. The van der Waals surface area contributed by atoms with Gasteiger partial charge in [-0.25, -0.2) is 0 Å². The first-order valence-corrected chi connectivity index (χ1v) is 10.8. The van der Waals surface area contributed by atoms with Crippen molar-refractivity contribution in [3.63, 3.8) is 0 Å². The molecule has 0 aromatic heterocycles. The quantitative estimate of drug-likeness (QED) is 0.592. The van der Waals surface area contributed by atoms with E-state index < -0.39 is 0 Å². The van der Waals surface area contributed by atoms with E-state index in [1.165, 1.54) is 72.3 Å². The van der Waals surface area contributed by atoms with Gasteiger partial charge >= 0.3 is 0 Å². The minimum Gasteiger partial charge on any atom is -0.371 e. The number of rotatable bonds is 3. The number of nitrogens with zero attached hydrogens (tertiary/aromatic N) is 1. The summed E-state index contributed by atoms with van der Waals surface area (Å²) in [7, 11) is 0. The van der Waals surface area contributed by atoms with Crippen molar-refractivity contribution in [1.29, 1.82) is 0 Å². The molecule has 1 heteroatoms. The summed E-state index contributed by atoms with van der Waals surface area (Å²) in [4.78, 5) is 2.56. The van der Waals surface area contributed by atoms with Crippen LogP contribution in [-0.2, 0) is 12.8 Å². The lowest BCUT2D eigenvalue weighted by atomic mass is 9.86. The Hall–Kier alpha value is -1.76. The van der Waals surface area contributed by atoms with Crippen LogP contribution in [0.1, 0.15) is 61.4 Å². The molecular formula is C26H35N. The van der Waals surface area contributed by atoms with E-state index >= 15 is 0 Å². The second kappa shape index (κ2) is 6.69. The molecule has 1 aliphatic heterocycles. The van der Waals surface area contributed by atoms with E-state index in [0.717, 1.165) is 5.92 Å². The predicted octanol–water partition coefficient (Wildman–Crippen LogP) is 6.64. The van der Waals surface area contributed by atoms with Crippen molar-refractivity contribution in [1.82, 2.24) is 0 Å². The molecule has 2 aliphatic rings. The normalized spacial score (nSPS) is 21.0. The molecule has 1 atom stereocenters. The lowest BCUT2D eigenvalue weighted by molar-refractivity contribution is 0.392. The van der Waals surface area contributed by atoms with E-state index in [0.29, 0.717) is 5.41 Å². The van der Waals surface area contributed by atoms with Gasteiger partial charge in [0.25, 0.3) is 0 Å². The molecule has 2 aromatic rings. The monoisotopic (exact) mass is 361 g/mol. The van der Waals surface area contributed by atoms with Crippen molar-refractivity contribution in [3.8, 4) is 11.1 Å². The maximum atomic E-state index is 2.56. The minimum atomic E-state index is 0.401. The largest absolute Gasteiger partial charge is 0.371 e. The van der Waals surface area contributed by atoms with Crippen LogP contribution in [0.25, 0.3) is 11.1 Å². The van der Waals surface area contributed by atoms with Crippen molar-refractivity contribution >= 4 is 5.69 Å². The molecule has 0 N–H and O–H groups in total. The molecular weight excluding hydrogens is 326 g/mol. The van der Waals surface area contributed by atoms with Crippen molar-refractivity contribution in [2.45, 2.75) is 67.2 Å². The molecule has 0 spiro atoms. The Bertz CT molecular complexity index is 857. The Morgan fingerprint density at radius 3 is 2.15 bits per heavy atom. The van der Waals surface area contributed by atoms with Crippen molar-refractivity contribution in [3.05, 3.63) is 52.1 Å². The van der Waals surface area contributed by atoms with Gasteiger partial charge in [-0.1, -0.05) is 39.3 Å². The van der Waals surface area contributed by atoms with Crippen LogP contribution in [0.5, 0.6) is 0 Å². The Morgan fingerprint density at radius 1 is 0.926 bits per heavy atom. The van der Waals surface area contributed by atoms with Gasteiger partial charge < -0.3 is 4.90 Å². The molecule has 1 nitrogen and oxygen atoms in total. The van der Waals surface area contributed by atoms with Crippen LogP contribution in [0.2, 0.25) is 0 Å². The Labute approximate surface area is 165 Å². The average Bonchev–Trinajstić information content (AvgIpc) is 3.25. The second-order valence-corrected chi connectivity index (χ2v) is 9.78. The van der Waals surface area contributed by atoms with Gasteiger partial charge in [-0.3, -0.25) is 0 Å². The fraction of sp³-hybridized carbons (Fsp3) is 0.538. The Morgan fingerprint density at radius 2 is 1.56 bits per heavy atom. The van der Waals surface area contributed by atoms with Crippen LogP contribution >= 0.6 is 0 Å². The minimum absolute atomic E-state index is 0.401. The molecule has 0 bridgehead atoms. The summed E-state index contributed by atoms with van der Waals surface area (Å²) in [6.45, 7) is 16.6. The summed E-state index contributed by atoms with van der Waals surface area (Å²) in [5.41, 5.74) is 12.4. The van der Waals surface area contributed by atoms with Gasteiger partial charge in [0, 0.05) is 18.8 Å². The number of anilines is 1. The van der Waals surface area contributed by atoms with Gasteiger partial charge in [0.05, 0.1) is 0 Å². The molecule has 1 heterocycles. The van der Waals surface area contributed by atoms with E-state index in [1.54, 1.807) is 11.1 Å².